The van der Waals surface area contributed by atoms with Gasteiger partial charge in [0.15, 0.2) is 0 Å². The topological polar surface area (TPSA) is 97.0 Å². The molecule has 1 aliphatic heterocycles. The van der Waals surface area contributed by atoms with Crippen LogP contribution in [0.5, 0.6) is 11.5 Å². The van der Waals surface area contributed by atoms with Crippen molar-refractivity contribution in [3.8, 4) is 11.5 Å². The Labute approximate surface area is 185 Å². The Morgan fingerprint density at radius 1 is 1.09 bits per heavy atom. The molecule has 1 aliphatic rings. The van der Waals surface area contributed by atoms with Crippen LogP contribution in [0.2, 0.25) is 0 Å². The molecule has 12 heteroatoms. The molecule has 0 bridgehead atoms. The lowest BCUT2D eigenvalue weighted by Gasteiger charge is -2.30. The average Bonchev–Trinajstić information content (AvgIpc) is 3.02. The molecule has 2 aromatic rings. The number of hydrogen-bond acceptors (Lipinski definition) is 5. The van der Waals surface area contributed by atoms with E-state index in [1.807, 2.05) is 0 Å². The second kappa shape index (κ2) is 8.96. The van der Waals surface area contributed by atoms with Crippen molar-refractivity contribution in [3.05, 3.63) is 59.4 Å². The maximum Gasteiger partial charge on any atom is 0.440 e. The number of ether oxygens (including phenoxy) is 2. The van der Waals surface area contributed by atoms with Crippen LogP contribution in [-0.4, -0.2) is 55.3 Å². The van der Waals surface area contributed by atoms with Crippen molar-refractivity contribution in [3.63, 3.8) is 0 Å². The number of hydrogen-bond donors (Lipinski definition) is 2. The van der Waals surface area contributed by atoms with Crippen LogP contribution in [0.25, 0.3) is 0 Å². The Kier molecular flexibility index (Phi) is 6.47. The smallest absolute Gasteiger partial charge is 0.440 e. The van der Waals surface area contributed by atoms with Crippen LogP contribution in [0.15, 0.2) is 42.5 Å². The molecule has 0 saturated carbocycles. The molecule has 0 aromatic heterocycles. The Bertz CT molecular complexity index is 1070. The van der Waals surface area contributed by atoms with Crippen LogP contribution in [0.1, 0.15) is 15.9 Å². The van der Waals surface area contributed by atoms with Gasteiger partial charge in [-0.3, -0.25) is 19.8 Å². The van der Waals surface area contributed by atoms with Crippen LogP contribution < -0.4 is 20.1 Å². The second-order valence-electron chi connectivity index (χ2n) is 7.03. The fraction of sp³-hybridized carbons (Fsp3) is 0.286. The third-order valence-electron chi connectivity index (χ3n) is 5.02. The standard InChI is InChI=1S/C21H19F4N3O5/c1-32-14-7-8-15(16(11-14)33-2)17(29)26-20(21(23,24)25)18(30)28(19(31)27-20)10-9-12-3-5-13(22)6-4-12/h3-8,11H,9-10H2,1-2H3,(H,26,29)(H,27,31). The molecule has 3 rings (SSSR count). The van der Waals surface area contributed by atoms with E-state index >= 15 is 0 Å². The van der Waals surface area contributed by atoms with Crippen molar-refractivity contribution in [1.82, 2.24) is 15.5 Å². The van der Waals surface area contributed by atoms with E-state index in [4.69, 9.17) is 9.47 Å². The van der Waals surface area contributed by atoms with Crippen molar-refractivity contribution in [2.24, 2.45) is 0 Å². The Balaban J connectivity index is 1.87. The molecule has 0 spiro atoms. The molecule has 2 N–H and O–H groups in total. The predicted molar refractivity (Wildman–Crippen MR) is 106 cm³/mol. The average molecular weight is 469 g/mol. The van der Waals surface area contributed by atoms with Gasteiger partial charge in [0, 0.05) is 12.6 Å². The van der Waals surface area contributed by atoms with Gasteiger partial charge in [-0.2, -0.15) is 13.2 Å². The second-order valence-corrected chi connectivity index (χ2v) is 7.03. The number of methoxy groups -OCH3 is 2. The third kappa shape index (κ3) is 4.54. The molecular formula is C21H19F4N3O5. The third-order valence-corrected chi connectivity index (χ3v) is 5.02. The van der Waals surface area contributed by atoms with Crippen molar-refractivity contribution in [2.45, 2.75) is 18.3 Å². The number of alkyl halides is 3. The fourth-order valence-corrected chi connectivity index (χ4v) is 3.24. The van der Waals surface area contributed by atoms with Gasteiger partial charge in [-0.1, -0.05) is 12.1 Å². The van der Waals surface area contributed by atoms with E-state index in [9.17, 15) is 31.9 Å². The highest BCUT2D eigenvalue weighted by atomic mass is 19.4. The summed E-state index contributed by atoms with van der Waals surface area (Å²) >= 11 is 0. The predicted octanol–water partition coefficient (Wildman–Crippen LogP) is 2.63. The lowest BCUT2D eigenvalue weighted by molar-refractivity contribution is -0.200. The Hall–Kier alpha value is -3.83. The molecule has 1 heterocycles. The lowest BCUT2D eigenvalue weighted by atomic mass is 10.1. The van der Waals surface area contributed by atoms with Gasteiger partial charge in [0.05, 0.1) is 19.8 Å². The van der Waals surface area contributed by atoms with Crippen molar-refractivity contribution >= 4 is 17.8 Å². The van der Waals surface area contributed by atoms with E-state index in [1.165, 1.54) is 38.5 Å². The summed E-state index contributed by atoms with van der Waals surface area (Å²) in [6.45, 7) is -0.421. The summed E-state index contributed by atoms with van der Waals surface area (Å²) in [5.74, 6) is -3.33. The van der Waals surface area contributed by atoms with Crippen LogP contribution >= 0.6 is 0 Å². The van der Waals surface area contributed by atoms with Crippen LogP contribution in [-0.2, 0) is 11.2 Å². The molecule has 0 radical (unpaired) electrons. The molecule has 176 valence electrons. The normalized spacial score (nSPS) is 18.2. The molecule has 1 atom stereocenters. The molecule has 1 fully saturated rings. The number of amides is 4. The molecule has 4 amide bonds. The molecule has 2 aromatic carbocycles. The number of imide groups is 1. The van der Waals surface area contributed by atoms with E-state index in [1.54, 1.807) is 10.6 Å². The minimum atomic E-state index is -5.36. The zero-order valence-electron chi connectivity index (χ0n) is 17.5. The monoisotopic (exact) mass is 469 g/mol. The number of carbonyl (C=O) groups excluding carboxylic acids is 3. The Morgan fingerprint density at radius 2 is 1.76 bits per heavy atom. The molecule has 8 nitrogen and oxygen atoms in total. The summed E-state index contributed by atoms with van der Waals surface area (Å²) in [6, 6.07) is 7.46. The minimum Gasteiger partial charge on any atom is -0.497 e. The maximum absolute atomic E-state index is 14.0. The number of carbonyl (C=O) groups is 3. The largest absolute Gasteiger partial charge is 0.497 e. The first-order valence-corrected chi connectivity index (χ1v) is 9.52. The number of rotatable bonds is 7. The van der Waals surface area contributed by atoms with Crippen molar-refractivity contribution in [1.29, 1.82) is 0 Å². The number of nitrogens with zero attached hydrogens (tertiary/aromatic N) is 1. The SMILES string of the molecule is COc1ccc(C(=O)NC2(C(F)(F)F)NC(=O)N(CCc3ccc(F)cc3)C2=O)c(OC)c1. The maximum atomic E-state index is 14.0. The minimum absolute atomic E-state index is 0.0202. The first-order chi connectivity index (χ1) is 15.5. The summed E-state index contributed by atoms with van der Waals surface area (Å²) < 4.78 is 65.1. The quantitative estimate of drug-likeness (QED) is 0.480. The number of benzene rings is 2. The summed E-state index contributed by atoms with van der Waals surface area (Å²) in [5, 5.41) is 3.19. The number of urea groups is 1. The summed E-state index contributed by atoms with van der Waals surface area (Å²) in [6.07, 6.45) is -5.38. The van der Waals surface area contributed by atoms with E-state index in [-0.39, 0.29) is 23.5 Å². The highest BCUT2D eigenvalue weighted by Gasteiger charge is 2.68. The first-order valence-electron chi connectivity index (χ1n) is 9.52. The van der Waals surface area contributed by atoms with Crippen LogP contribution in [0, 0.1) is 5.82 Å². The van der Waals surface area contributed by atoms with E-state index in [0.717, 1.165) is 18.2 Å². The van der Waals surface area contributed by atoms with Crippen molar-refractivity contribution < 1.29 is 41.4 Å². The van der Waals surface area contributed by atoms with E-state index in [0.29, 0.717) is 10.5 Å². The van der Waals surface area contributed by atoms with Gasteiger partial charge < -0.3 is 14.8 Å². The molecular weight excluding hydrogens is 450 g/mol. The van der Waals surface area contributed by atoms with Gasteiger partial charge in [-0.05, 0) is 36.2 Å². The fourth-order valence-electron chi connectivity index (χ4n) is 3.24. The zero-order valence-corrected chi connectivity index (χ0v) is 17.5. The highest BCUT2D eigenvalue weighted by Crippen LogP contribution is 2.35. The highest BCUT2D eigenvalue weighted by molar-refractivity contribution is 6.10. The molecule has 1 unspecified atom stereocenters. The Morgan fingerprint density at radius 3 is 2.33 bits per heavy atom. The molecule has 0 aliphatic carbocycles. The number of halogens is 4. The van der Waals surface area contributed by atoms with E-state index < -0.39 is 42.0 Å². The van der Waals surface area contributed by atoms with Gasteiger partial charge >= 0.3 is 12.2 Å². The van der Waals surface area contributed by atoms with Crippen LogP contribution in [0.4, 0.5) is 22.4 Å². The van der Waals surface area contributed by atoms with Crippen LogP contribution in [0.3, 0.4) is 0 Å². The summed E-state index contributed by atoms with van der Waals surface area (Å²) in [5.41, 5.74) is -3.49. The summed E-state index contributed by atoms with van der Waals surface area (Å²) in [7, 11) is 2.55. The summed E-state index contributed by atoms with van der Waals surface area (Å²) in [4.78, 5) is 38.1. The van der Waals surface area contributed by atoms with Gasteiger partial charge in [-0.25, -0.2) is 9.18 Å². The number of nitrogens with one attached hydrogen (secondary N) is 2. The first kappa shape index (κ1) is 23.8. The van der Waals surface area contributed by atoms with Gasteiger partial charge in [-0.15, -0.1) is 0 Å². The zero-order chi connectivity index (χ0) is 24.4. The van der Waals surface area contributed by atoms with Crippen molar-refractivity contribution in [2.75, 3.05) is 20.8 Å². The lowest BCUT2D eigenvalue weighted by Crippen LogP contribution is -2.69. The van der Waals surface area contributed by atoms with Gasteiger partial charge in [0.1, 0.15) is 17.3 Å². The van der Waals surface area contributed by atoms with Gasteiger partial charge in [0.2, 0.25) is 0 Å². The van der Waals surface area contributed by atoms with Gasteiger partial charge in [0.25, 0.3) is 17.5 Å². The molecule has 1 saturated heterocycles. The van der Waals surface area contributed by atoms with E-state index in [2.05, 4.69) is 0 Å². The molecule has 33 heavy (non-hydrogen) atoms.